The lowest BCUT2D eigenvalue weighted by Gasteiger charge is -2.19. The van der Waals surface area contributed by atoms with Crippen molar-refractivity contribution in [2.45, 2.75) is 51.9 Å². The zero-order valence-corrected chi connectivity index (χ0v) is 21.9. The third-order valence-electron chi connectivity index (χ3n) is 5.95. The van der Waals surface area contributed by atoms with Crippen LogP contribution in [0.5, 0.6) is 5.75 Å². The van der Waals surface area contributed by atoms with E-state index in [1.165, 1.54) is 28.2 Å². The van der Waals surface area contributed by atoms with E-state index in [2.05, 4.69) is 17.0 Å². The number of rotatable bonds is 11. The molecule has 0 atom stereocenters. The molecule has 0 bridgehead atoms. The maximum atomic E-state index is 13.5. The number of aromatic amines is 1. The first-order chi connectivity index (χ1) is 16.8. The summed E-state index contributed by atoms with van der Waals surface area (Å²) in [5.41, 5.74) is 3.09. The second-order valence-electron chi connectivity index (χ2n) is 8.06. The van der Waals surface area contributed by atoms with E-state index in [9.17, 15) is 13.2 Å². The number of ether oxygens (including phenoxy) is 1. The lowest BCUT2D eigenvalue weighted by molar-refractivity contribution is 0.410. The van der Waals surface area contributed by atoms with Gasteiger partial charge in [-0.05, 0) is 42.7 Å². The molecular weight excluding hydrogens is 464 g/mol. The Hall–Kier alpha value is -3.17. The van der Waals surface area contributed by atoms with E-state index >= 15 is 0 Å². The molecule has 0 saturated heterocycles. The Morgan fingerprint density at radius 2 is 1.80 bits per heavy atom. The van der Waals surface area contributed by atoms with Crippen LogP contribution in [-0.2, 0) is 22.9 Å². The second kappa shape index (κ2) is 11.5. The first kappa shape index (κ1) is 26.4. The highest BCUT2D eigenvalue weighted by Gasteiger charge is 2.24. The molecule has 1 aromatic heterocycles. The number of nitrogens with one attached hydrogen (secondary N) is 1. The Labute approximate surface area is 207 Å². The van der Waals surface area contributed by atoms with E-state index in [4.69, 9.17) is 4.74 Å². The van der Waals surface area contributed by atoms with Crippen LogP contribution in [0.3, 0.4) is 0 Å². The number of H-pyrrole nitrogens is 1. The Balaban J connectivity index is 2.17. The van der Waals surface area contributed by atoms with Crippen molar-refractivity contribution in [3.05, 3.63) is 69.6 Å². The highest BCUT2D eigenvalue weighted by Crippen LogP contribution is 2.27. The van der Waals surface area contributed by atoms with Crippen LogP contribution >= 0.6 is 0 Å². The Bertz CT molecular complexity index is 1350. The molecule has 0 amide bonds. The van der Waals surface area contributed by atoms with Crippen molar-refractivity contribution in [2.75, 3.05) is 20.2 Å². The SMILES string of the molecule is CCCc1[nH]n(-c2cc(S(=O)(=O)N(CC)CC)ccc2OC)c(=O)c1C=Nc1ccccc1CC. The van der Waals surface area contributed by atoms with Crippen LogP contribution < -0.4 is 10.3 Å². The molecule has 9 heteroatoms. The zero-order chi connectivity index (χ0) is 25.6. The summed E-state index contributed by atoms with van der Waals surface area (Å²) in [6, 6.07) is 12.4. The third kappa shape index (κ3) is 5.41. The van der Waals surface area contributed by atoms with Gasteiger partial charge in [-0.2, -0.15) is 4.31 Å². The molecule has 1 heterocycles. The molecule has 0 unspecified atom stereocenters. The molecule has 188 valence electrons. The maximum absolute atomic E-state index is 13.5. The molecule has 35 heavy (non-hydrogen) atoms. The molecular formula is C26H34N4O4S. The first-order valence-electron chi connectivity index (χ1n) is 12.0. The van der Waals surface area contributed by atoms with Crippen molar-refractivity contribution in [1.29, 1.82) is 0 Å². The molecule has 0 aliphatic rings. The fourth-order valence-electron chi connectivity index (χ4n) is 4.03. The van der Waals surface area contributed by atoms with Gasteiger partial charge in [0.2, 0.25) is 10.0 Å². The van der Waals surface area contributed by atoms with Crippen molar-refractivity contribution in [3.63, 3.8) is 0 Å². The molecule has 8 nitrogen and oxygen atoms in total. The summed E-state index contributed by atoms with van der Waals surface area (Å²) >= 11 is 0. The van der Waals surface area contributed by atoms with Gasteiger partial charge in [0, 0.05) is 25.0 Å². The third-order valence-corrected chi connectivity index (χ3v) is 7.99. The highest BCUT2D eigenvalue weighted by molar-refractivity contribution is 7.89. The fourth-order valence-corrected chi connectivity index (χ4v) is 5.50. The molecule has 1 N–H and O–H groups in total. The number of sulfonamides is 1. The van der Waals surface area contributed by atoms with Crippen molar-refractivity contribution < 1.29 is 13.2 Å². The number of aryl methyl sites for hydroxylation is 2. The van der Waals surface area contributed by atoms with Crippen LogP contribution in [0, 0.1) is 0 Å². The average molecular weight is 499 g/mol. The maximum Gasteiger partial charge on any atom is 0.280 e. The lowest BCUT2D eigenvalue weighted by atomic mass is 10.1. The number of para-hydroxylation sites is 1. The zero-order valence-electron chi connectivity index (χ0n) is 21.0. The van der Waals surface area contributed by atoms with Gasteiger partial charge in [-0.3, -0.25) is 14.9 Å². The van der Waals surface area contributed by atoms with E-state index in [0.29, 0.717) is 36.5 Å². The summed E-state index contributed by atoms with van der Waals surface area (Å²) in [6.07, 6.45) is 3.88. The highest BCUT2D eigenvalue weighted by atomic mass is 32.2. The van der Waals surface area contributed by atoms with Crippen LogP contribution in [-0.4, -0.2) is 48.9 Å². The molecule has 0 spiro atoms. The lowest BCUT2D eigenvalue weighted by Crippen LogP contribution is -2.30. The predicted molar refractivity (Wildman–Crippen MR) is 140 cm³/mol. The van der Waals surface area contributed by atoms with Crippen LogP contribution in [0.15, 0.2) is 57.1 Å². The van der Waals surface area contributed by atoms with E-state index in [1.54, 1.807) is 26.1 Å². The van der Waals surface area contributed by atoms with Gasteiger partial charge in [-0.25, -0.2) is 13.1 Å². The molecule has 0 saturated carbocycles. The topological polar surface area (TPSA) is 96.8 Å². The van der Waals surface area contributed by atoms with E-state index < -0.39 is 10.0 Å². The molecule has 0 aliphatic carbocycles. The summed E-state index contributed by atoms with van der Waals surface area (Å²) in [5, 5.41) is 3.17. The molecule has 0 aliphatic heterocycles. The number of aromatic nitrogens is 2. The predicted octanol–water partition coefficient (Wildman–Crippen LogP) is 4.47. The Morgan fingerprint density at radius 3 is 2.43 bits per heavy atom. The van der Waals surface area contributed by atoms with Crippen LogP contribution in [0.4, 0.5) is 5.69 Å². The Morgan fingerprint density at radius 1 is 1.09 bits per heavy atom. The molecule has 3 rings (SSSR count). The summed E-state index contributed by atoms with van der Waals surface area (Å²) in [7, 11) is -2.23. The number of aliphatic imine (C=N–C) groups is 1. The largest absolute Gasteiger partial charge is 0.494 e. The molecule has 0 radical (unpaired) electrons. The van der Waals surface area contributed by atoms with Gasteiger partial charge in [-0.1, -0.05) is 52.3 Å². The van der Waals surface area contributed by atoms with Gasteiger partial charge < -0.3 is 4.74 Å². The van der Waals surface area contributed by atoms with Gasteiger partial charge in [0.05, 0.1) is 23.3 Å². The van der Waals surface area contributed by atoms with Crippen LogP contribution in [0.1, 0.15) is 50.9 Å². The summed E-state index contributed by atoms with van der Waals surface area (Å²) < 4.78 is 34.5. The van der Waals surface area contributed by atoms with E-state index in [-0.39, 0.29) is 10.5 Å². The van der Waals surface area contributed by atoms with Gasteiger partial charge in [0.25, 0.3) is 5.56 Å². The minimum atomic E-state index is -3.71. The minimum Gasteiger partial charge on any atom is -0.494 e. The standard InChI is InChI=1S/C26H34N4O4S/c1-6-12-23-21(18-27-22-14-11-10-13-19(22)7-2)26(31)30(28-23)24-17-20(15-16-25(24)34-5)35(32,33)29(8-3)9-4/h10-11,13-18,28H,6-9,12H2,1-5H3. The summed E-state index contributed by atoms with van der Waals surface area (Å²) in [6.45, 7) is 8.37. The summed E-state index contributed by atoms with van der Waals surface area (Å²) in [5.74, 6) is 0.384. The first-order valence-corrected chi connectivity index (χ1v) is 13.4. The smallest absolute Gasteiger partial charge is 0.280 e. The van der Waals surface area contributed by atoms with Crippen LogP contribution in [0.2, 0.25) is 0 Å². The Kier molecular flexibility index (Phi) is 8.69. The molecule has 2 aromatic carbocycles. The van der Waals surface area contributed by atoms with E-state index in [1.807, 2.05) is 31.2 Å². The number of benzene rings is 2. The number of methoxy groups -OCH3 is 1. The van der Waals surface area contributed by atoms with Gasteiger partial charge in [0.1, 0.15) is 11.4 Å². The van der Waals surface area contributed by atoms with E-state index in [0.717, 1.165) is 29.8 Å². The quantitative estimate of drug-likeness (QED) is 0.395. The molecule has 0 fully saturated rings. The number of hydrogen-bond acceptors (Lipinski definition) is 5. The molecule has 3 aromatic rings. The van der Waals surface area contributed by atoms with Gasteiger partial charge >= 0.3 is 0 Å². The fraction of sp³-hybridized carbons (Fsp3) is 0.385. The van der Waals surface area contributed by atoms with Crippen molar-refractivity contribution in [2.24, 2.45) is 4.99 Å². The van der Waals surface area contributed by atoms with Gasteiger partial charge in [0.15, 0.2) is 0 Å². The van der Waals surface area contributed by atoms with Crippen molar-refractivity contribution in [3.8, 4) is 11.4 Å². The normalized spacial score (nSPS) is 12.1. The summed E-state index contributed by atoms with van der Waals surface area (Å²) in [4.78, 5) is 18.3. The van der Waals surface area contributed by atoms with Gasteiger partial charge in [-0.15, -0.1) is 0 Å². The second-order valence-corrected chi connectivity index (χ2v) is 10.00. The number of nitrogens with zero attached hydrogens (tertiary/aromatic N) is 3. The van der Waals surface area contributed by atoms with Crippen LogP contribution in [0.25, 0.3) is 5.69 Å². The number of hydrogen-bond donors (Lipinski definition) is 1. The monoisotopic (exact) mass is 498 g/mol. The average Bonchev–Trinajstić information content (AvgIpc) is 3.17. The van der Waals surface area contributed by atoms with Crippen molar-refractivity contribution in [1.82, 2.24) is 14.1 Å². The minimum absolute atomic E-state index is 0.0997. The van der Waals surface area contributed by atoms with Crippen molar-refractivity contribution >= 4 is 21.9 Å².